The number of benzene rings is 1. The Kier molecular flexibility index (Phi) is 7.03. The zero-order valence-corrected chi connectivity index (χ0v) is 20.8. The van der Waals surface area contributed by atoms with Gasteiger partial charge in [0, 0.05) is 23.4 Å². The molecule has 12 heteroatoms. The van der Waals surface area contributed by atoms with E-state index in [2.05, 4.69) is 20.3 Å². The van der Waals surface area contributed by atoms with Gasteiger partial charge in [-0.05, 0) is 38.5 Å². The Labute approximate surface area is 208 Å². The van der Waals surface area contributed by atoms with Gasteiger partial charge in [0.05, 0.1) is 27.4 Å². The van der Waals surface area contributed by atoms with E-state index >= 15 is 4.39 Å². The van der Waals surface area contributed by atoms with Crippen LogP contribution in [0.25, 0.3) is 22.3 Å². The van der Waals surface area contributed by atoms with Crippen LogP contribution in [0.5, 0.6) is 0 Å². The third-order valence-corrected chi connectivity index (χ3v) is 7.29. The molecule has 0 aliphatic rings. The zero-order valence-electron chi connectivity index (χ0n) is 19.2. The number of halogens is 6. The number of aryl methyl sites for hydroxylation is 1. The highest BCUT2D eigenvalue weighted by molar-refractivity contribution is 7.69. The van der Waals surface area contributed by atoms with Gasteiger partial charge in [-0.25, -0.2) is 31.9 Å². The van der Waals surface area contributed by atoms with Gasteiger partial charge in [0.2, 0.25) is 0 Å². The van der Waals surface area contributed by atoms with Crippen molar-refractivity contribution >= 4 is 40.9 Å². The highest BCUT2D eigenvalue weighted by atomic mass is 35.5. The standard InChI is InChI=1S/C24H19ClF5N4OP/c1-11-18(25)23(34-21(24(29)30)13-5-4-6-14(26)19(13)28)22-16(32-11)9-15(27)20(33-22)12-7-8-17(31-10-12)36(2,3)35/h4-10,21,24H,1-3H3,(H,32,34). The number of fused-ring (bicyclic) bond motifs is 1. The molecule has 0 bridgehead atoms. The lowest BCUT2D eigenvalue weighted by atomic mass is 10.1. The summed E-state index contributed by atoms with van der Waals surface area (Å²) in [5, 5.41) is 2.38. The lowest BCUT2D eigenvalue weighted by Crippen LogP contribution is -2.21. The van der Waals surface area contributed by atoms with Crippen molar-refractivity contribution in [2.75, 3.05) is 18.6 Å². The highest BCUT2D eigenvalue weighted by Crippen LogP contribution is 2.38. The maximum absolute atomic E-state index is 15.0. The first-order valence-corrected chi connectivity index (χ1v) is 13.5. The molecule has 5 nitrogen and oxygen atoms in total. The van der Waals surface area contributed by atoms with Crippen LogP contribution in [0.1, 0.15) is 17.3 Å². The average Bonchev–Trinajstić information content (AvgIpc) is 2.81. The quantitative estimate of drug-likeness (QED) is 0.217. The van der Waals surface area contributed by atoms with Crippen molar-refractivity contribution in [2.24, 2.45) is 0 Å². The molecule has 3 heterocycles. The van der Waals surface area contributed by atoms with Gasteiger partial charge in [0.25, 0.3) is 6.43 Å². The van der Waals surface area contributed by atoms with Crippen LogP contribution < -0.4 is 10.8 Å². The van der Waals surface area contributed by atoms with Crippen LogP contribution in [0.2, 0.25) is 5.02 Å². The molecule has 1 unspecified atom stereocenters. The van der Waals surface area contributed by atoms with Gasteiger partial charge in [-0.15, -0.1) is 0 Å². The monoisotopic (exact) mass is 540 g/mol. The third-order valence-electron chi connectivity index (χ3n) is 5.46. The summed E-state index contributed by atoms with van der Waals surface area (Å²) < 4.78 is 83.5. The number of hydrogen-bond acceptors (Lipinski definition) is 5. The van der Waals surface area contributed by atoms with Crippen LogP contribution in [0, 0.1) is 24.4 Å². The second-order valence-electron chi connectivity index (χ2n) is 8.43. The van der Waals surface area contributed by atoms with Gasteiger partial charge < -0.3 is 9.88 Å². The van der Waals surface area contributed by atoms with E-state index in [9.17, 15) is 22.1 Å². The molecular formula is C24H19ClF5N4OP. The summed E-state index contributed by atoms with van der Waals surface area (Å²) in [7, 11) is -2.65. The first-order valence-electron chi connectivity index (χ1n) is 10.6. The fourth-order valence-corrected chi connectivity index (χ4v) is 4.59. The predicted octanol–water partition coefficient (Wildman–Crippen LogP) is 6.74. The summed E-state index contributed by atoms with van der Waals surface area (Å²) in [6.45, 7) is 4.56. The van der Waals surface area contributed by atoms with Crippen molar-refractivity contribution in [1.29, 1.82) is 0 Å². The van der Waals surface area contributed by atoms with E-state index in [1.54, 1.807) is 13.3 Å². The number of rotatable bonds is 6. The molecule has 0 radical (unpaired) electrons. The molecule has 0 aliphatic carbocycles. The molecule has 3 aromatic heterocycles. The molecule has 0 aliphatic heterocycles. The number of hydrogen-bond donors (Lipinski definition) is 1. The van der Waals surface area contributed by atoms with E-state index in [4.69, 9.17) is 11.6 Å². The molecule has 0 saturated carbocycles. The predicted molar refractivity (Wildman–Crippen MR) is 130 cm³/mol. The minimum absolute atomic E-state index is 0.00424. The maximum Gasteiger partial charge on any atom is 0.262 e. The Morgan fingerprint density at radius 1 is 1.03 bits per heavy atom. The lowest BCUT2D eigenvalue weighted by Gasteiger charge is -2.22. The number of pyridine rings is 3. The molecule has 36 heavy (non-hydrogen) atoms. The van der Waals surface area contributed by atoms with Crippen molar-refractivity contribution in [3.63, 3.8) is 0 Å². The Morgan fingerprint density at radius 2 is 1.75 bits per heavy atom. The first-order chi connectivity index (χ1) is 16.9. The summed E-state index contributed by atoms with van der Waals surface area (Å²) in [5.41, 5.74) is -0.252. The molecule has 1 aromatic carbocycles. The summed E-state index contributed by atoms with van der Waals surface area (Å²) in [6, 6.07) is 4.98. The van der Waals surface area contributed by atoms with Gasteiger partial charge in [-0.1, -0.05) is 23.7 Å². The Morgan fingerprint density at radius 3 is 2.36 bits per heavy atom. The third kappa shape index (κ3) is 4.92. The molecule has 4 rings (SSSR count). The first kappa shape index (κ1) is 26.0. The van der Waals surface area contributed by atoms with E-state index < -0.39 is 42.6 Å². The normalized spacial score (nSPS) is 12.8. The number of alkyl halides is 2. The number of nitrogens with zero attached hydrogens (tertiary/aromatic N) is 3. The van der Waals surface area contributed by atoms with Crippen LogP contribution in [0.3, 0.4) is 0 Å². The Bertz CT molecular complexity index is 1510. The number of aromatic nitrogens is 3. The average molecular weight is 541 g/mol. The Balaban J connectivity index is 1.89. The molecule has 188 valence electrons. The van der Waals surface area contributed by atoms with Crippen LogP contribution in [0.4, 0.5) is 27.6 Å². The second-order valence-corrected chi connectivity index (χ2v) is 12.0. The van der Waals surface area contributed by atoms with Gasteiger partial charge >= 0.3 is 0 Å². The highest BCUT2D eigenvalue weighted by Gasteiger charge is 2.29. The van der Waals surface area contributed by atoms with E-state index in [-0.39, 0.29) is 38.7 Å². The van der Waals surface area contributed by atoms with Crippen LogP contribution >= 0.6 is 18.7 Å². The largest absolute Gasteiger partial charge is 0.370 e. The minimum atomic E-state index is -3.17. The van der Waals surface area contributed by atoms with E-state index in [0.717, 1.165) is 24.3 Å². The van der Waals surface area contributed by atoms with Gasteiger partial charge in [-0.2, -0.15) is 0 Å². The molecular weight excluding hydrogens is 522 g/mol. The fraction of sp³-hybridized carbons (Fsp3) is 0.208. The SMILES string of the molecule is Cc1nc2cc(F)c(-c3ccc(P(C)(C)=O)nc3)nc2c(NC(c2cccc(F)c2F)C(F)F)c1Cl. The summed E-state index contributed by atoms with van der Waals surface area (Å²) in [6.07, 6.45) is -1.87. The minimum Gasteiger partial charge on any atom is -0.370 e. The van der Waals surface area contributed by atoms with Gasteiger partial charge in [0.15, 0.2) is 17.5 Å². The van der Waals surface area contributed by atoms with Gasteiger partial charge in [0.1, 0.15) is 24.4 Å². The van der Waals surface area contributed by atoms with E-state index in [1.165, 1.54) is 25.3 Å². The van der Waals surface area contributed by atoms with Crippen LogP contribution in [0.15, 0.2) is 42.6 Å². The van der Waals surface area contributed by atoms with Crippen molar-refractivity contribution in [3.05, 3.63) is 76.3 Å². The van der Waals surface area contributed by atoms with Crippen LogP contribution in [-0.2, 0) is 4.57 Å². The van der Waals surface area contributed by atoms with Crippen molar-refractivity contribution in [2.45, 2.75) is 19.4 Å². The molecule has 1 atom stereocenters. The molecule has 0 spiro atoms. The Hall–Kier alpha value is -3.10. The molecule has 0 amide bonds. The lowest BCUT2D eigenvalue weighted by molar-refractivity contribution is 0.122. The van der Waals surface area contributed by atoms with Crippen molar-refractivity contribution < 1.29 is 26.5 Å². The smallest absolute Gasteiger partial charge is 0.262 e. The van der Waals surface area contributed by atoms with E-state index in [1.807, 2.05) is 0 Å². The number of nitrogens with one attached hydrogen (secondary N) is 1. The summed E-state index contributed by atoms with van der Waals surface area (Å²) in [4.78, 5) is 12.6. The molecule has 0 saturated heterocycles. The number of anilines is 1. The topological polar surface area (TPSA) is 67.8 Å². The zero-order chi connectivity index (χ0) is 26.4. The van der Waals surface area contributed by atoms with E-state index in [0.29, 0.717) is 5.44 Å². The van der Waals surface area contributed by atoms with Gasteiger partial charge in [-0.3, -0.25) is 4.98 Å². The molecule has 0 fully saturated rings. The van der Waals surface area contributed by atoms with Crippen molar-refractivity contribution in [1.82, 2.24) is 15.0 Å². The second kappa shape index (κ2) is 9.75. The summed E-state index contributed by atoms with van der Waals surface area (Å²) >= 11 is 6.37. The van der Waals surface area contributed by atoms with Crippen LogP contribution in [-0.4, -0.2) is 34.7 Å². The molecule has 4 aromatic rings. The molecule has 1 N–H and O–H groups in total. The van der Waals surface area contributed by atoms with Crippen molar-refractivity contribution in [3.8, 4) is 11.3 Å². The summed E-state index contributed by atoms with van der Waals surface area (Å²) in [5.74, 6) is -3.49. The maximum atomic E-state index is 15.0. The fourth-order valence-electron chi connectivity index (χ4n) is 3.63.